The Bertz CT molecular complexity index is 894. The van der Waals surface area contributed by atoms with Crippen LogP contribution in [0.3, 0.4) is 0 Å². The normalized spacial score (nSPS) is 10.8. The predicted molar refractivity (Wildman–Crippen MR) is 85.5 cm³/mol. The number of anilines is 2. The first-order chi connectivity index (χ1) is 10.4. The number of nitrogens with one attached hydrogen (secondary N) is 1. The average Bonchev–Trinajstić information content (AvgIpc) is 2.81. The highest BCUT2D eigenvalue weighted by atomic mass is 35.5. The van der Waals surface area contributed by atoms with Crippen molar-refractivity contribution in [2.24, 2.45) is 0 Å². The Morgan fingerprint density at radius 3 is 2.82 bits per heavy atom. The molecular weight excluding hydrogens is 326 g/mol. The highest BCUT2D eigenvalue weighted by Crippen LogP contribution is 2.32. The van der Waals surface area contributed by atoms with E-state index in [0.717, 1.165) is 15.1 Å². The van der Waals surface area contributed by atoms with Gasteiger partial charge in [-0.1, -0.05) is 0 Å². The summed E-state index contributed by atoms with van der Waals surface area (Å²) in [4.78, 5) is 21.2. The van der Waals surface area contributed by atoms with Crippen molar-refractivity contribution in [3.63, 3.8) is 0 Å². The van der Waals surface area contributed by atoms with Crippen LogP contribution in [-0.4, -0.2) is 26.2 Å². The predicted octanol–water partition coefficient (Wildman–Crippen LogP) is 3.80. The van der Waals surface area contributed by atoms with Crippen molar-refractivity contribution in [1.82, 2.24) is 9.97 Å². The fourth-order valence-corrected chi connectivity index (χ4v) is 3.13. The molecule has 0 bridgehead atoms. The highest BCUT2D eigenvalue weighted by Gasteiger charge is 2.13. The first-order valence-corrected chi connectivity index (χ1v) is 7.40. The Balaban J connectivity index is 2.06. The van der Waals surface area contributed by atoms with E-state index >= 15 is 0 Å². The number of aryl methyl sites for hydroxylation is 1. The molecule has 0 fully saturated rings. The number of carboxylic acids is 1. The number of aromatic nitrogens is 2. The van der Waals surface area contributed by atoms with Crippen molar-refractivity contribution < 1.29 is 15.0 Å². The molecule has 6 nitrogen and oxygen atoms in total. The standard InChI is InChI=1S/C14H10ClN3O3S/c1-6-4-9-11(17-14(15)18-12(9)22-6)16-7-2-3-10(19)8(5-7)13(20)21/h2-5,19H,1H3,(H,20,21)(H,16,17,18). The number of thiophene rings is 1. The minimum atomic E-state index is -1.21. The third kappa shape index (κ3) is 2.68. The number of carbonyl (C=O) groups is 1. The summed E-state index contributed by atoms with van der Waals surface area (Å²) in [5.74, 6) is -1.02. The maximum absolute atomic E-state index is 11.1. The molecule has 0 aliphatic heterocycles. The van der Waals surface area contributed by atoms with E-state index in [4.69, 9.17) is 16.7 Å². The number of rotatable bonds is 3. The van der Waals surface area contributed by atoms with E-state index in [1.54, 1.807) is 6.07 Å². The number of nitrogens with zero attached hydrogens (tertiary/aromatic N) is 2. The van der Waals surface area contributed by atoms with E-state index in [1.807, 2.05) is 13.0 Å². The molecule has 112 valence electrons. The lowest BCUT2D eigenvalue weighted by atomic mass is 10.1. The van der Waals surface area contributed by atoms with Gasteiger partial charge in [0.1, 0.15) is 22.0 Å². The zero-order valence-corrected chi connectivity index (χ0v) is 12.9. The van der Waals surface area contributed by atoms with Gasteiger partial charge in [-0.05, 0) is 42.8 Å². The van der Waals surface area contributed by atoms with Crippen molar-refractivity contribution in [3.8, 4) is 5.75 Å². The monoisotopic (exact) mass is 335 g/mol. The number of aromatic hydroxyl groups is 1. The molecule has 3 N–H and O–H groups in total. The van der Waals surface area contributed by atoms with Crippen molar-refractivity contribution in [3.05, 3.63) is 40.0 Å². The summed E-state index contributed by atoms with van der Waals surface area (Å²) < 4.78 is 0. The molecule has 2 aromatic heterocycles. The number of hydrogen-bond donors (Lipinski definition) is 3. The molecule has 0 saturated heterocycles. The van der Waals surface area contributed by atoms with Crippen molar-refractivity contribution in [2.75, 3.05) is 5.32 Å². The lowest BCUT2D eigenvalue weighted by Gasteiger charge is -2.08. The fraction of sp³-hybridized carbons (Fsp3) is 0.0714. The maximum atomic E-state index is 11.1. The second kappa shape index (κ2) is 5.43. The number of halogens is 1. The van der Waals surface area contributed by atoms with Crippen LogP contribution in [0, 0.1) is 6.92 Å². The van der Waals surface area contributed by atoms with Gasteiger partial charge in [0, 0.05) is 10.6 Å². The largest absolute Gasteiger partial charge is 0.507 e. The van der Waals surface area contributed by atoms with Crippen LogP contribution in [-0.2, 0) is 0 Å². The molecule has 0 amide bonds. The second-order valence-electron chi connectivity index (χ2n) is 4.58. The zero-order chi connectivity index (χ0) is 15.9. The molecule has 22 heavy (non-hydrogen) atoms. The van der Waals surface area contributed by atoms with Gasteiger partial charge < -0.3 is 15.5 Å². The topological polar surface area (TPSA) is 95.3 Å². The van der Waals surface area contributed by atoms with Gasteiger partial charge in [-0.3, -0.25) is 0 Å². The van der Waals surface area contributed by atoms with E-state index in [9.17, 15) is 9.90 Å². The van der Waals surface area contributed by atoms with E-state index in [2.05, 4.69) is 15.3 Å². The van der Waals surface area contributed by atoms with Gasteiger partial charge in [0.2, 0.25) is 5.28 Å². The number of benzene rings is 1. The van der Waals surface area contributed by atoms with Crippen LogP contribution in [0.15, 0.2) is 24.3 Å². The van der Waals surface area contributed by atoms with E-state index in [-0.39, 0.29) is 16.6 Å². The Morgan fingerprint density at radius 1 is 1.32 bits per heavy atom. The Morgan fingerprint density at radius 2 is 2.09 bits per heavy atom. The van der Waals surface area contributed by atoms with Gasteiger partial charge in [0.25, 0.3) is 0 Å². The average molecular weight is 336 g/mol. The third-order valence-corrected chi connectivity index (χ3v) is 4.09. The van der Waals surface area contributed by atoms with Crippen LogP contribution in [0.25, 0.3) is 10.2 Å². The second-order valence-corrected chi connectivity index (χ2v) is 6.15. The smallest absolute Gasteiger partial charge is 0.339 e. The van der Waals surface area contributed by atoms with Crippen LogP contribution in [0.2, 0.25) is 5.28 Å². The Hall–Kier alpha value is -2.38. The summed E-state index contributed by atoms with van der Waals surface area (Å²) in [7, 11) is 0. The molecule has 3 rings (SSSR count). The summed E-state index contributed by atoms with van der Waals surface area (Å²) in [6, 6.07) is 6.13. The van der Waals surface area contributed by atoms with Crippen LogP contribution >= 0.6 is 22.9 Å². The number of fused-ring (bicyclic) bond motifs is 1. The van der Waals surface area contributed by atoms with Gasteiger partial charge in [-0.25, -0.2) is 9.78 Å². The summed E-state index contributed by atoms with van der Waals surface area (Å²) in [6.45, 7) is 1.95. The summed E-state index contributed by atoms with van der Waals surface area (Å²) in [5, 5.41) is 22.5. The Labute approximate surface area is 134 Å². The highest BCUT2D eigenvalue weighted by molar-refractivity contribution is 7.18. The molecule has 3 aromatic rings. The fourth-order valence-electron chi connectivity index (χ4n) is 2.03. The van der Waals surface area contributed by atoms with Crippen molar-refractivity contribution >= 4 is 50.6 Å². The molecule has 0 unspecified atom stereocenters. The molecule has 2 heterocycles. The lowest BCUT2D eigenvalue weighted by Crippen LogP contribution is -2.00. The SMILES string of the molecule is Cc1cc2c(Nc3ccc(O)c(C(=O)O)c3)nc(Cl)nc2s1. The number of aromatic carboxylic acids is 1. The van der Waals surface area contributed by atoms with Crippen molar-refractivity contribution in [2.45, 2.75) is 6.92 Å². The van der Waals surface area contributed by atoms with Gasteiger partial charge >= 0.3 is 5.97 Å². The van der Waals surface area contributed by atoms with E-state index < -0.39 is 5.97 Å². The zero-order valence-electron chi connectivity index (χ0n) is 11.3. The minimum Gasteiger partial charge on any atom is -0.507 e. The van der Waals surface area contributed by atoms with Gasteiger partial charge in [-0.2, -0.15) is 4.98 Å². The molecule has 0 spiro atoms. The molecule has 8 heteroatoms. The van der Waals surface area contributed by atoms with Crippen LogP contribution in [0.5, 0.6) is 5.75 Å². The molecule has 0 radical (unpaired) electrons. The number of phenols is 1. The number of carboxylic acid groups (broad SMARTS) is 1. The Kier molecular flexibility index (Phi) is 3.59. The van der Waals surface area contributed by atoms with Gasteiger partial charge in [-0.15, -0.1) is 11.3 Å². The first kappa shape index (κ1) is 14.6. The number of hydrogen-bond acceptors (Lipinski definition) is 6. The van der Waals surface area contributed by atoms with Crippen LogP contribution in [0.1, 0.15) is 15.2 Å². The molecule has 0 aliphatic carbocycles. The lowest BCUT2D eigenvalue weighted by molar-refractivity contribution is 0.0694. The molecule has 0 atom stereocenters. The first-order valence-electron chi connectivity index (χ1n) is 6.21. The van der Waals surface area contributed by atoms with Crippen molar-refractivity contribution in [1.29, 1.82) is 0 Å². The molecular formula is C14H10ClN3O3S. The van der Waals surface area contributed by atoms with Gasteiger partial charge in [0.05, 0.1) is 5.39 Å². The van der Waals surface area contributed by atoms with Gasteiger partial charge in [0.15, 0.2) is 0 Å². The van der Waals surface area contributed by atoms with E-state index in [1.165, 1.54) is 23.5 Å². The van der Waals surface area contributed by atoms with E-state index in [0.29, 0.717) is 11.5 Å². The summed E-state index contributed by atoms with van der Waals surface area (Å²) in [5.41, 5.74) is 0.290. The summed E-state index contributed by atoms with van der Waals surface area (Å²) >= 11 is 7.41. The third-order valence-electron chi connectivity index (χ3n) is 2.98. The quantitative estimate of drug-likeness (QED) is 0.497. The maximum Gasteiger partial charge on any atom is 0.339 e. The molecule has 0 aliphatic rings. The van der Waals surface area contributed by atoms with Crippen LogP contribution in [0.4, 0.5) is 11.5 Å². The molecule has 0 saturated carbocycles. The van der Waals surface area contributed by atoms with Crippen LogP contribution < -0.4 is 5.32 Å². The molecule has 1 aromatic carbocycles. The minimum absolute atomic E-state index is 0.106. The summed E-state index contributed by atoms with van der Waals surface area (Å²) in [6.07, 6.45) is 0.